The molecule has 1 aliphatic heterocycles. The summed E-state index contributed by atoms with van der Waals surface area (Å²) in [5, 5.41) is 16.0. The molecule has 3 N–H and O–H groups in total. The average molecular weight is 457 g/mol. The first kappa shape index (κ1) is 24.9. The summed E-state index contributed by atoms with van der Waals surface area (Å²) in [6.07, 6.45) is 8.93. The first-order valence-corrected chi connectivity index (χ1v) is 11.8. The number of aliphatic carboxylic acids is 1. The van der Waals surface area contributed by atoms with Crippen LogP contribution in [0.2, 0.25) is 0 Å². The van der Waals surface area contributed by atoms with Crippen molar-refractivity contribution in [3.63, 3.8) is 0 Å². The predicted molar refractivity (Wildman–Crippen MR) is 129 cm³/mol. The predicted octanol–water partition coefficient (Wildman–Crippen LogP) is 2.76. The van der Waals surface area contributed by atoms with Gasteiger partial charge in [-0.1, -0.05) is 6.07 Å². The highest BCUT2D eigenvalue weighted by atomic mass is 16.5. The standard InChI is InChI=1S/C24H36N6O3/c1-18-16-25-17-22(27-18)29-21(24(31)32)10-13-30(14-15-33-2)12-4-3-7-20-9-8-19-6-5-11-26-23(19)28-20/h8-9,16-17,21H,3-7,10-15H2,1-2H3,(H,26,28)(H,27,29)(H,31,32). The van der Waals surface area contributed by atoms with Gasteiger partial charge in [-0.05, 0) is 63.6 Å². The molecule has 0 saturated carbocycles. The molecule has 33 heavy (non-hydrogen) atoms. The molecule has 1 aliphatic rings. The van der Waals surface area contributed by atoms with Crippen LogP contribution in [-0.4, -0.2) is 76.9 Å². The number of unbranched alkanes of at least 4 members (excludes halogenated alkanes) is 1. The Kier molecular flexibility index (Phi) is 9.83. The van der Waals surface area contributed by atoms with E-state index in [9.17, 15) is 9.90 Å². The molecule has 1 atom stereocenters. The van der Waals surface area contributed by atoms with Crippen molar-refractivity contribution in [2.24, 2.45) is 0 Å². The van der Waals surface area contributed by atoms with Crippen LogP contribution in [0, 0.1) is 6.92 Å². The van der Waals surface area contributed by atoms with E-state index in [1.807, 2.05) is 6.92 Å². The van der Waals surface area contributed by atoms with E-state index in [-0.39, 0.29) is 0 Å². The van der Waals surface area contributed by atoms with Crippen LogP contribution in [-0.2, 0) is 22.4 Å². The quantitative estimate of drug-likeness (QED) is 0.369. The molecule has 3 heterocycles. The van der Waals surface area contributed by atoms with Crippen molar-refractivity contribution in [3.8, 4) is 0 Å². The van der Waals surface area contributed by atoms with Gasteiger partial charge in [0, 0.05) is 38.6 Å². The van der Waals surface area contributed by atoms with E-state index in [2.05, 4.69) is 37.6 Å². The molecule has 1 unspecified atom stereocenters. The van der Waals surface area contributed by atoms with Crippen molar-refractivity contribution in [3.05, 3.63) is 41.5 Å². The van der Waals surface area contributed by atoms with Crippen molar-refractivity contribution in [1.29, 1.82) is 0 Å². The summed E-state index contributed by atoms with van der Waals surface area (Å²) in [6.45, 7) is 5.77. The Morgan fingerprint density at radius 3 is 2.91 bits per heavy atom. The highest BCUT2D eigenvalue weighted by Gasteiger charge is 2.19. The third kappa shape index (κ3) is 8.25. The second kappa shape index (κ2) is 13.1. The third-order valence-electron chi connectivity index (χ3n) is 5.83. The van der Waals surface area contributed by atoms with Gasteiger partial charge in [-0.2, -0.15) is 0 Å². The molecular formula is C24H36N6O3. The van der Waals surface area contributed by atoms with E-state index in [0.717, 1.165) is 62.5 Å². The van der Waals surface area contributed by atoms with Gasteiger partial charge in [0.15, 0.2) is 0 Å². The van der Waals surface area contributed by atoms with Gasteiger partial charge in [-0.25, -0.2) is 14.8 Å². The smallest absolute Gasteiger partial charge is 0.326 e. The normalized spacial score (nSPS) is 13.9. The summed E-state index contributed by atoms with van der Waals surface area (Å²) in [7, 11) is 1.69. The van der Waals surface area contributed by atoms with Crippen LogP contribution in [0.4, 0.5) is 11.6 Å². The zero-order valence-electron chi connectivity index (χ0n) is 19.7. The van der Waals surface area contributed by atoms with Crippen LogP contribution < -0.4 is 10.6 Å². The molecule has 9 heteroatoms. The zero-order chi connectivity index (χ0) is 23.5. The number of fused-ring (bicyclic) bond motifs is 1. The maximum absolute atomic E-state index is 11.8. The van der Waals surface area contributed by atoms with E-state index in [4.69, 9.17) is 9.72 Å². The van der Waals surface area contributed by atoms with Crippen molar-refractivity contribution in [2.45, 2.75) is 51.5 Å². The van der Waals surface area contributed by atoms with Gasteiger partial charge in [-0.15, -0.1) is 0 Å². The minimum Gasteiger partial charge on any atom is -0.480 e. The number of carboxylic acid groups (broad SMARTS) is 1. The highest BCUT2D eigenvalue weighted by molar-refractivity contribution is 5.76. The summed E-state index contributed by atoms with van der Waals surface area (Å²) in [4.78, 5) is 27.2. The molecule has 0 amide bonds. The fourth-order valence-electron chi connectivity index (χ4n) is 3.99. The Morgan fingerprint density at radius 1 is 1.24 bits per heavy atom. The number of rotatable bonds is 14. The molecule has 0 aliphatic carbocycles. The van der Waals surface area contributed by atoms with E-state index in [1.54, 1.807) is 19.5 Å². The maximum Gasteiger partial charge on any atom is 0.326 e. The number of ether oxygens (including phenoxy) is 1. The molecule has 2 aromatic rings. The average Bonchev–Trinajstić information content (AvgIpc) is 2.81. The summed E-state index contributed by atoms with van der Waals surface area (Å²) < 4.78 is 5.26. The SMILES string of the molecule is COCCN(CCCCc1ccc2c(n1)NCCC2)CCC(Nc1cncc(C)n1)C(=O)O. The molecule has 2 aromatic heterocycles. The zero-order valence-corrected chi connectivity index (χ0v) is 19.7. The van der Waals surface area contributed by atoms with Crippen molar-refractivity contribution in [2.75, 3.05) is 50.5 Å². The van der Waals surface area contributed by atoms with Crippen molar-refractivity contribution in [1.82, 2.24) is 19.9 Å². The van der Waals surface area contributed by atoms with Gasteiger partial charge in [0.1, 0.15) is 17.7 Å². The van der Waals surface area contributed by atoms with Gasteiger partial charge in [0.25, 0.3) is 0 Å². The number of anilines is 2. The molecular weight excluding hydrogens is 420 g/mol. The monoisotopic (exact) mass is 456 g/mol. The Labute approximate surface area is 196 Å². The fourth-order valence-corrected chi connectivity index (χ4v) is 3.99. The minimum atomic E-state index is -0.892. The molecule has 3 rings (SSSR count). The summed E-state index contributed by atoms with van der Waals surface area (Å²) in [5.41, 5.74) is 3.19. The number of pyridine rings is 1. The van der Waals surface area contributed by atoms with Gasteiger partial charge in [-0.3, -0.25) is 4.98 Å². The Bertz CT molecular complexity index is 894. The summed E-state index contributed by atoms with van der Waals surface area (Å²) in [6, 6.07) is 3.62. The molecule has 0 fully saturated rings. The van der Waals surface area contributed by atoms with Gasteiger partial charge in [0.05, 0.1) is 18.5 Å². The number of nitrogens with zero attached hydrogens (tertiary/aromatic N) is 4. The molecule has 0 spiro atoms. The van der Waals surface area contributed by atoms with E-state index in [1.165, 1.54) is 12.0 Å². The Hall–Kier alpha value is -2.78. The number of hydrogen-bond donors (Lipinski definition) is 3. The van der Waals surface area contributed by atoms with Crippen LogP contribution in [0.1, 0.15) is 42.6 Å². The summed E-state index contributed by atoms with van der Waals surface area (Å²) >= 11 is 0. The van der Waals surface area contributed by atoms with Gasteiger partial charge >= 0.3 is 5.97 Å². The molecule has 0 bridgehead atoms. The van der Waals surface area contributed by atoms with Crippen LogP contribution in [0.25, 0.3) is 0 Å². The van der Waals surface area contributed by atoms with E-state index >= 15 is 0 Å². The molecule has 9 nitrogen and oxygen atoms in total. The van der Waals surface area contributed by atoms with Gasteiger partial charge in [0.2, 0.25) is 0 Å². The van der Waals surface area contributed by atoms with Crippen LogP contribution in [0.15, 0.2) is 24.5 Å². The maximum atomic E-state index is 11.8. The number of hydrogen-bond acceptors (Lipinski definition) is 8. The fraction of sp³-hybridized carbons (Fsp3) is 0.583. The van der Waals surface area contributed by atoms with E-state index in [0.29, 0.717) is 25.4 Å². The lowest BCUT2D eigenvalue weighted by atomic mass is 10.1. The number of carbonyl (C=O) groups is 1. The van der Waals surface area contributed by atoms with E-state index < -0.39 is 12.0 Å². The second-order valence-electron chi connectivity index (χ2n) is 8.50. The number of methoxy groups -OCH3 is 1. The first-order valence-electron chi connectivity index (χ1n) is 11.8. The number of carboxylic acids is 1. The topological polar surface area (TPSA) is 113 Å². The third-order valence-corrected chi connectivity index (χ3v) is 5.83. The van der Waals surface area contributed by atoms with Gasteiger partial charge < -0.3 is 25.4 Å². The van der Waals surface area contributed by atoms with Crippen molar-refractivity contribution < 1.29 is 14.6 Å². The highest BCUT2D eigenvalue weighted by Crippen LogP contribution is 2.20. The second-order valence-corrected chi connectivity index (χ2v) is 8.50. The lowest BCUT2D eigenvalue weighted by molar-refractivity contribution is -0.138. The molecule has 0 saturated heterocycles. The first-order chi connectivity index (χ1) is 16.0. The molecule has 180 valence electrons. The number of nitrogens with one attached hydrogen (secondary N) is 2. The minimum absolute atomic E-state index is 0.465. The van der Waals surface area contributed by atoms with Crippen LogP contribution in [0.5, 0.6) is 0 Å². The molecule has 0 radical (unpaired) electrons. The van der Waals surface area contributed by atoms with Crippen LogP contribution >= 0.6 is 0 Å². The lowest BCUT2D eigenvalue weighted by Gasteiger charge is -2.24. The largest absolute Gasteiger partial charge is 0.480 e. The Morgan fingerprint density at radius 2 is 2.12 bits per heavy atom. The van der Waals surface area contributed by atoms with Crippen LogP contribution in [0.3, 0.4) is 0 Å². The lowest BCUT2D eigenvalue weighted by Crippen LogP contribution is -2.37. The number of aryl methyl sites for hydroxylation is 3. The van der Waals surface area contributed by atoms with Crippen molar-refractivity contribution >= 4 is 17.6 Å². The Balaban J connectivity index is 1.46. The number of aromatic nitrogens is 3. The summed E-state index contributed by atoms with van der Waals surface area (Å²) in [5.74, 6) is 0.640. The molecule has 0 aromatic carbocycles.